The van der Waals surface area contributed by atoms with Crippen molar-refractivity contribution in [2.45, 2.75) is 6.92 Å². The molecule has 2 aromatic carbocycles. The van der Waals surface area contributed by atoms with Crippen molar-refractivity contribution >= 4 is 29.7 Å². The molecule has 0 saturated carbocycles. The molecule has 1 aromatic heterocycles. The molecule has 0 unspecified atom stereocenters. The minimum atomic E-state index is -0.386. The number of carbonyl (C=O) groups is 2. The summed E-state index contributed by atoms with van der Waals surface area (Å²) in [5.74, 6) is 0.272. The molecule has 0 fully saturated rings. The molecule has 3 aromatic rings. The van der Waals surface area contributed by atoms with E-state index in [0.29, 0.717) is 34.3 Å². The summed E-state index contributed by atoms with van der Waals surface area (Å²) in [5, 5.41) is 4.44. The highest BCUT2D eigenvalue weighted by Crippen LogP contribution is 2.23. The second-order valence-electron chi connectivity index (χ2n) is 5.71. The van der Waals surface area contributed by atoms with E-state index in [-0.39, 0.29) is 11.9 Å². The Balaban J connectivity index is 1.66. The molecule has 1 amide bonds. The summed E-state index contributed by atoms with van der Waals surface area (Å²) < 4.78 is 10.7. The van der Waals surface area contributed by atoms with Crippen LogP contribution in [0.3, 0.4) is 0 Å². The molecule has 7 heteroatoms. The Labute approximate surface area is 166 Å². The van der Waals surface area contributed by atoms with Gasteiger partial charge in [-0.3, -0.25) is 4.79 Å². The average molecular weight is 397 g/mol. The quantitative estimate of drug-likeness (QED) is 0.377. The first kappa shape index (κ1) is 19.4. The number of halogens is 1. The molecule has 0 radical (unpaired) electrons. The van der Waals surface area contributed by atoms with Crippen molar-refractivity contribution in [2.75, 3.05) is 6.61 Å². The smallest absolute Gasteiger partial charge is 0.338 e. The van der Waals surface area contributed by atoms with E-state index in [2.05, 4.69) is 10.5 Å². The van der Waals surface area contributed by atoms with E-state index < -0.39 is 0 Å². The van der Waals surface area contributed by atoms with E-state index in [9.17, 15) is 9.59 Å². The molecule has 1 heterocycles. The number of hydrazone groups is 1. The maximum Gasteiger partial charge on any atom is 0.338 e. The highest BCUT2D eigenvalue weighted by atomic mass is 35.5. The summed E-state index contributed by atoms with van der Waals surface area (Å²) in [6.45, 7) is 2.07. The molecule has 3 rings (SSSR count). The number of rotatable bonds is 6. The topological polar surface area (TPSA) is 80.9 Å². The highest BCUT2D eigenvalue weighted by Gasteiger charge is 2.10. The second kappa shape index (κ2) is 9.01. The minimum Gasteiger partial charge on any atom is -0.462 e. The molecule has 142 valence electrons. The molecular weight excluding hydrogens is 380 g/mol. The molecule has 0 aliphatic carbocycles. The van der Waals surface area contributed by atoms with Gasteiger partial charge in [-0.25, -0.2) is 10.2 Å². The van der Waals surface area contributed by atoms with Crippen LogP contribution in [0.15, 0.2) is 70.2 Å². The largest absolute Gasteiger partial charge is 0.462 e. The summed E-state index contributed by atoms with van der Waals surface area (Å²) >= 11 is 5.80. The zero-order chi connectivity index (χ0) is 19.9. The molecule has 1 N–H and O–H groups in total. The summed E-state index contributed by atoms with van der Waals surface area (Å²) in [7, 11) is 0. The third-order valence-corrected chi connectivity index (χ3v) is 4.00. The maximum atomic E-state index is 12.0. The number of hydrogen-bond acceptors (Lipinski definition) is 5. The number of nitrogens with zero attached hydrogens (tertiary/aromatic N) is 1. The number of benzene rings is 2. The van der Waals surface area contributed by atoms with Crippen LogP contribution in [0.5, 0.6) is 0 Å². The van der Waals surface area contributed by atoms with Crippen LogP contribution in [0.1, 0.15) is 33.4 Å². The van der Waals surface area contributed by atoms with Crippen LogP contribution in [0, 0.1) is 0 Å². The first-order valence-electron chi connectivity index (χ1n) is 8.53. The van der Waals surface area contributed by atoms with Gasteiger partial charge in [-0.05, 0) is 55.5 Å². The predicted molar refractivity (Wildman–Crippen MR) is 107 cm³/mol. The van der Waals surface area contributed by atoms with Gasteiger partial charge >= 0.3 is 5.97 Å². The van der Waals surface area contributed by atoms with E-state index in [1.165, 1.54) is 6.21 Å². The third kappa shape index (κ3) is 4.86. The molecule has 0 bridgehead atoms. The molecule has 6 nitrogen and oxygen atoms in total. The standard InChI is InChI=1S/C21H17ClN2O4/c1-2-27-21(26)16-5-3-4-15(12-16)19-11-10-18(28-19)13-23-24-20(25)14-6-8-17(22)9-7-14/h3-13H,2H2,1H3,(H,24,25)/b23-13-. The van der Waals surface area contributed by atoms with Crippen LogP contribution in [0.2, 0.25) is 5.02 Å². The van der Waals surface area contributed by atoms with E-state index in [1.807, 2.05) is 6.07 Å². The van der Waals surface area contributed by atoms with Gasteiger partial charge in [-0.15, -0.1) is 0 Å². The van der Waals surface area contributed by atoms with Crippen LogP contribution in [-0.4, -0.2) is 24.7 Å². The Morgan fingerprint density at radius 2 is 1.89 bits per heavy atom. The number of ether oxygens (including phenoxy) is 1. The lowest BCUT2D eigenvalue weighted by Gasteiger charge is -2.03. The van der Waals surface area contributed by atoms with Gasteiger partial charge in [0.05, 0.1) is 18.4 Å². The van der Waals surface area contributed by atoms with Gasteiger partial charge in [-0.1, -0.05) is 23.7 Å². The Hall–Kier alpha value is -3.38. The molecule has 28 heavy (non-hydrogen) atoms. The SMILES string of the molecule is CCOC(=O)c1cccc(-c2ccc(/C=N\NC(=O)c3ccc(Cl)cc3)o2)c1. The van der Waals surface area contributed by atoms with Crippen LogP contribution in [0.4, 0.5) is 0 Å². The fraction of sp³-hybridized carbons (Fsp3) is 0.0952. The van der Waals surface area contributed by atoms with E-state index >= 15 is 0 Å². The second-order valence-corrected chi connectivity index (χ2v) is 6.15. The van der Waals surface area contributed by atoms with Crippen LogP contribution in [0.25, 0.3) is 11.3 Å². The van der Waals surface area contributed by atoms with Gasteiger partial charge in [0.2, 0.25) is 0 Å². The number of hydrogen-bond donors (Lipinski definition) is 1. The Kier molecular flexibility index (Phi) is 6.24. The van der Waals surface area contributed by atoms with Crippen molar-refractivity contribution in [2.24, 2.45) is 5.10 Å². The summed E-state index contributed by atoms with van der Waals surface area (Å²) in [6.07, 6.45) is 1.40. The first-order valence-corrected chi connectivity index (χ1v) is 8.91. The van der Waals surface area contributed by atoms with Gasteiger partial charge in [0.15, 0.2) is 0 Å². The molecule has 0 spiro atoms. The van der Waals surface area contributed by atoms with Crippen molar-refractivity contribution in [1.82, 2.24) is 5.43 Å². The van der Waals surface area contributed by atoms with Gasteiger partial charge < -0.3 is 9.15 Å². The third-order valence-electron chi connectivity index (χ3n) is 3.75. The molecule has 0 aliphatic rings. The lowest BCUT2D eigenvalue weighted by Crippen LogP contribution is -2.17. The van der Waals surface area contributed by atoms with Crippen molar-refractivity contribution in [3.63, 3.8) is 0 Å². The van der Waals surface area contributed by atoms with Crippen molar-refractivity contribution in [3.8, 4) is 11.3 Å². The zero-order valence-electron chi connectivity index (χ0n) is 15.0. The number of amides is 1. The van der Waals surface area contributed by atoms with Gasteiger partial charge in [0.1, 0.15) is 11.5 Å². The summed E-state index contributed by atoms with van der Waals surface area (Å²) in [4.78, 5) is 23.8. The molecular formula is C21H17ClN2O4. The van der Waals surface area contributed by atoms with Crippen molar-refractivity contribution in [3.05, 3.63) is 82.6 Å². The fourth-order valence-corrected chi connectivity index (χ4v) is 2.54. The summed E-state index contributed by atoms with van der Waals surface area (Å²) in [6, 6.07) is 16.9. The van der Waals surface area contributed by atoms with Crippen molar-refractivity contribution in [1.29, 1.82) is 0 Å². The number of furan rings is 1. The highest BCUT2D eigenvalue weighted by molar-refractivity contribution is 6.30. The Morgan fingerprint density at radius 3 is 2.64 bits per heavy atom. The normalized spacial score (nSPS) is 10.8. The Morgan fingerprint density at radius 1 is 1.11 bits per heavy atom. The Bertz CT molecular complexity index is 1010. The number of carbonyl (C=O) groups excluding carboxylic acids is 2. The van der Waals surface area contributed by atoms with Crippen LogP contribution >= 0.6 is 11.6 Å². The van der Waals surface area contributed by atoms with Gasteiger partial charge in [0.25, 0.3) is 5.91 Å². The molecule has 0 saturated heterocycles. The van der Waals surface area contributed by atoms with Crippen LogP contribution < -0.4 is 5.43 Å². The molecule has 0 atom stereocenters. The van der Waals surface area contributed by atoms with Crippen LogP contribution in [-0.2, 0) is 4.74 Å². The minimum absolute atomic E-state index is 0.312. The summed E-state index contributed by atoms with van der Waals surface area (Å²) in [5.41, 5.74) is 4.04. The van der Waals surface area contributed by atoms with Crippen molar-refractivity contribution < 1.29 is 18.7 Å². The maximum absolute atomic E-state index is 12.0. The lowest BCUT2D eigenvalue weighted by atomic mass is 10.1. The average Bonchev–Trinajstić information content (AvgIpc) is 3.18. The lowest BCUT2D eigenvalue weighted by molar-refractivity contribution is 0.0526. The predicted octanol–water partition coefficient (Wildman–Crippen LogP) is 4.54. The number of nitrogens with one attached hydrogen (secondary N) is 1. The van der Waals surface area contributed by atoms with Gasteiger partial charge in [-0.2, -0.15) is 5.10 Å². The molecule has 0 aliphatic heterocycles. The van der Waals surface area contributed by atoms with E-state index in [1.54, 1.807) is 61.5 Å². The monoisotopic (exact) mass is 396 g/mol. The fourth-order valence-electron chi connectivity index (χ4n) is 2.41. The number of esters is 1. The first-order chi connectivity index (χ1) is 13.6. The van der Waals surface area contributed by atoms with E-state index in [0.717, 1.165) is 5.56 Å². The van der Waals surface area contributed by atoms with E-state index in [4.69, 9.17) is 20.8 Å². The van der Waals surface area contributed by atoms with Gasteiger partial charge in [0, 0.05) is 16.1 Å². The zero-order valence-corrected chi connectivity index (χ0v) is 15.8.